The summed E-state index contributed by atoms with van der Waals surface area (Å²) in [5.74, 6) is -0.176. The Hall–Kier alpha value is -2.42. The molecule has 0 bridgehead atoms. The molecule has 0 spiro atoms. The van der Waals surface area contributed by atoms with Gasteiger partial charge in [-0.25, -0.2) is 0 Å². The van der Waals surface area contributed by atoms with Gasteiger partial charge in [0.1, 0.15) is 0 Å². The molecule has 1 aliphatic carbocycles. The summed E-state index contributed by atoms with van der Waals surface area (Å²) in [4.78, 5) is 28.2. The lowest BCUT2D eigenvalue weighted by Gasteiger charge is -2.17. The highest BCUT2D eigenvalue weighted by molar-refractivity contribution is 7.99. The third-order valence-electron chi connectivity index (χ3n) is 4.85. The van der Waals surface area contributed by atoms with E-state index in [-0.39, 0.29) is 23.8 Å². The predicted molar refractivity (Wildman–Crippen MR) is 134 cm³/mol. The number of fused-ring (bicyclic) bond motifs is 2. The quantitative estimate of drug-likeness (QED) is 0.308. The molecule has 33 heavy (non-hydrogen) atoms. The molecule has 3 aromatic rings. The monoisotopic (exact) mass is 481 g/mol. The van der Waals surface area contributed by atoms with Crippen LogP contribution in [0.3, 0.4) is 0 Å². The number of rotatable bonds is 6. The van der Waals surface area contributed by atoms with Gasteiger partial charge >= 0.3 is 0 Å². The third-order valence-corrected chi connectivity index (χ3v) is 6.14. The van der Waals surface area contributed by atoms with E-state index in [4.69, 9.17) is 10.2 Å². The van der Waals surface area contributed by atoms with Crippen LogP contribution in [-0.4, -0.2) is 47.1 Å². The lowest BCUT2D eigenvalue weighted by molar-refractivity contribution is 0.0979. The first-order chi connectivity index (χ1) is 15.8. The minimum absolute atomic E-state index is 0.0869. The summed E-state index contributed by atoms with van der Waals surface area (Å²) in [7, 11) is 0. The second-order valence-corrected chi connectivity index (χ2v) is 9.53. The largest absolute Gasteiger partial charge is 0.392 e. The summed E-state index contributed by atoms with van der Waals surface area (Å²) in [6.07, 6.45) is -0.660. The van der Waals surface area contributed by atoms with Crippen molar-refractivity contribution >= 4 is 36.0 Å². The van der Waals surface area contributed by atoms with Crippen LogP contribution in [0.2, 0.25) is 0 Å². The van der Waals surface area contributed by atoms with E-state index in [9.17, 15) is 9.59 Å². The van der Waals surface area contributed by atoms with E-state index in [1.54, 1.807) is 55.9 Å². The van der Waals surface area contributed by atoms with E-state index in [0.717, 1.165) is 14.7 Å². The Kier molecular flexibility index (Phi) is 8.88. The van der Waals surface area contributed by atoms with Crippen LogP contribution in [0.15, 0.2) is 81.4 Å². The summed E-state index contributed by atoms with van der Waals surface area (Å²) in [5.41, 5.74) is 1.93. The number of thiol groups is 1. The van der Waals surface area contributed by atoms with Crippen molar-refractivity contribution in [2.45, 2.75) is 40.7 Å². The first kappa shape index (κ1) is 25.2. The molecule has 3 aromatic carbocycles. The molecule has 0 heterocycles. The van der Waals surface area contributed by atoms with Gasteiger partial charge in [0, 0.05) is 50.0 Å². The van der Waals surface area contributed by atoms with Crippen molar-refractivity contribution < 1.29 is 19.8 Å². The molecule has 0 radical (unpaired) electrons. The van der Waals surface area contributed by atoms with Gasteiger partial charge in [0.2, 0.25) is 0 Å². The number of aliphatic hydroxyl groups is 2. The fourth-order valence-electron chi connectivity index (χ4n) is 3.29. The van der Waals surface area contributed by atoms with Crippen LogP contribution in [0.4, 0.5) is 0 Å². The Labute approximate surface area is 203 Å². The lowest BCUT2D eigenvalue weighted by Crippen LogP contribution is -2.30. The number of benzene rings is 3. The van der Waals surface area contributed by atoms with Gasteiger partial charge in [0.05, 0.1) is 12.2 Å². The molecule has 2 atom stereocenters. The van der Waals surface area contributed by atoms with E-state index < -0.39 is 0 Å². The van der Waals surface area contributed by atoms with Crippen LogP contribution in [-0.2, 0) is 0 Å². The number of nitrogens with one attached hydrogen (secondary N) is 1. The number of hydrogen-bond acceptors (Lipinski definition) is 7. The number of ketones is 2. The summed E-state index contributed by atoms with van der Waals surface area (Å²) >= 11 is 5.84. The smallest absolute Gasteiger partial charge is 0.194 e. The SMILES string of the molecule is CC(O)CNCC(C)O.O=C1c2ccccc2C(=O)c2cc(Sc3ccc(S)cc3)ccc21. The van der Waals surface area contributed by atoms with Gasteiger partial charge in [-0.1, -0.05) is 36.0 Å². The first-order valence-electron chi connectivity index (χ1n) is 10.6. The van der Waals surface area contributed by atoms with E-state index in [0.29, 0.717) is 35.3 Å². The normalized spacial score (nSPS) is 14.0. The zero-order valence-electron chi connectivity index (χ0n) is 18.5. The van der Waals surface area contributed by atoms with Crippen molar-refractivity contribution in [1.82, 2.24) is 5.32 Å². The minimum atomic E-state index is -0.330. The second kappa shape index (κ2) is 11.6. The highest BCUT2D eigenvalue weighted by Gasteiger charge is 2.29. The van der Waals surface area contributed by atoms with E-state index in [1.165, 1.54) is 0 Å². The minimum Gasteiger partial charge on any atom is -0.392 e. The van der Waals surface area contributed by atoms with Crippen molar-refractivity contribution in [1.29, 1.82) is 0 Å². The Morgan fingerprint density at radius 3 is 1.79 bits per heavy atom. The fourth-order valence-corrected chi connectivity index (χ4v) is 4.30. The zero-order chi connectivity index (χ0) is 24.0. The zero-order valence-corrected chi connectivity index (χ0v) is 20.2. The number of carbonyl (C=O) groups is 2. The summed E-state index contributed by atoms with van der Waals surface area (Å²) in [6, 6.07) is 20.2. The molecule has 5 nitrogen and oxygen atoms in total. The highest BCUT2D eigenvalue weighted by Crippen LogP contribution is 2.33. The molecule has 0 amide bonds. The van der Waals surface area contributed by atoms with Crippen LogP contribution in [0.5, 0.6) is 0 Å². The van der Waals surface area contributed by atoms with Gasteiger partial charge in [0.25, 0.3) is 0 Å². The van der Waals surface area contributed by atoms with Crippen LogP contribution >= 0.6 is 24.4 Å². The van der Waals surface area contributed by atoms with Gasteiger partial charge < -0.3 is 15.5 Å². The summed E-state index contributed by atoms with van der Waals surface area (Å²) in [5, 5.41) is 20.3. The van der Waals surface area contributed by atoms with Crippen LogP contribution in [0.1, 0.15) is 45.7 Å². The average Bonchev–Trinajstić information content (AvgIpc) is 2.79. The van der Waals surface area contributed by atoms with Gasteiger partial charge in [0.15, 0.2) is 11.6 Å². The molecule has 0 saturated heterocycles. The molecule has 3 N–H and O–H groups in total. The molecule has 0 aromatic heterocycles. The Morgan fingerprint density at radius 2 is 1.24 bits per heavy atom. The third kappa shape index (κ3) is 6.79. The standard InChI is InChI=1S/C20H12O2S2.C6H15NO2/c21-19-15-3-1-2-4-16(15)20(22)18-11-14(9-10-17(18)19)24-13-7-5-12(23)6-8-13;1-5(8)3-7-4-6(2)9/h1-11,23H;5-9H,3-4H2,1-2H3. The van der Waals surface area contributed by atoms with Crippen molar-refractivity contribution in [2.24, 2.45) is 0 Å². The summed E-state index contributed by atoms with van der Waals surface area (Å²) < 4.78 is 0. The van der Waals surface area contributed by atoms with Crippen molar-refractivity contribution in [3.8, 4) is 0 Å². The van der Waals surface area contributed by atoms with Gasteiger partial charge in [-0.2, -0.15) is 0 Å². The van der Waals surface area contributed by atoms with Crippen molar-refractivity contribution in [3.63, 3.8) is 0 Å². The topological polar surface area (TPSA) is 86.6 Å². The van der Waals surface area contributed by atoms with Crippen molar-refractivity contribution in [2.75, 3.05) is 13.1 Å². The van der Waals surface area contributed by atoms with Gasteiger partial charge in [-0.05, 0) is 56.3 Å². The molecule has 7 heteroatoms. The molecular formula is C26H27NO4S2. The van der Waals surface area contributed by atoms with Gasteiger partial charge in [-0.15, -0.1) is 12.6 Å². The average molecular weight is 482 g/mol. The predicted octanol–water partition coefficient (Wildman–Crippen LogP) is 4.24. The summed E-state index contributed by atoms with van der Waals surface area (Å²) in [6.45, 7) is 4.50. The first-order valence-corrected chi connectivity index (χ1v) is 11.9. The maximum absolute atomic E-state index is 12.7. The van der Waals surface area contributed by atoms with Crippen LogP contribution in [0, 0.1) is 0 Å². The molecular weight excluding hydrogens is 454 g/mol. The number of hydrogen-bond donors (Lipinski definition) is 4. The number of aliphatic hydroxyl groups excluding tert-OH is 2. The maximum Gasteiger partial charge on any atom is 0.194 e. The number of carbonyl (C=O) groups excluding carboxylic acids is 2. The molecule has 0 aliphatic heterocycles. The lowest BCUT2D eigenvalue weighted by atomic mass is 9.84. The van der Waals surface area contributed by atoms with Crippen molar-refractivity contribution in [3.05, 3.63) is 89.0 Å². The fraction of sp³-hybridized carbons (Fsp3) is 0.231. The molecule has 4 rings (SSSR count). The molecule has 172 valence electrons. The van der Waals surface area contributed by atoms with Crippen LogP contribution < -0.4 is 5.32 Å². The van der Waals surface area contributed by atoms with E-state index >= 15 is 0 Å². The highest BCUT2D eigenvalue weighted by atomic mass is 32.2. The van der Waals surface area contributed by atoms with Gasteiger partial charge in [-0.3, -0.25) is 9.59 Å². The van der Waals surface area contributed by atoms with E-state index in [2.05, 4.69) is 17.9 Å². The van der Waals surface area contributed by atoms with E-state index in [1.807, 2.05) is 36.4 Å². The Bertz CT molecular complexity index is 1120. The Morgan fingerprint density at radius 1 is 0.758 bits per heavy atom. The molecule has 1 aliphatic rings. The van der Waals surface area contributed by atoms with Crippen LogP contribution in [0.25, 0.3) is 0 Å². The molecule has 0 saturated carbocycles. The second-order valence-electron chi connectivity index (χ2n) is 7.86. The Balaban J connectivity index is 0.000000292. The molecule has 2 unspecified atom stereocenters. The molecule has 0 fully saturated rings. The maximum atomic E-state index is 12.7.